The van der Waals surface area contributed by atoms with Crippen molar-refractivity contribution in [3.05, 3.63) is 38.9 Å². The second-order valence-electron chi connectivity index (χ2n) is 16.7. The minimum atomic E-state index is -1.35. The molecule has 16 heteroatoms. The lowest BCUT2D eigenvalue weighted by atomic mass is 9.91. The van der Waals surface area contributed by atoms with E-state index < -0.39 is 13.7 Å². The number of halogens is 2. The number of fused-ring (bicyclic) bond motifs is 4. The fraction of sp³-hybridized carbons (Fsp3) is 0.595. The summed E-state index contributed by atoms with van der Waals surface area (Å²) in [5, 5.41) is 6.27. The van der Waals surface area contributed by atoms with Crippen LogP contribution in [0.25, 0.3) is 33.1 Å². The van der Waals surface area contributed by atoms with Gasteiger partial charge < -0.3 is 28.7 Å². The first-order valence-electron chi connectivity index (χ1n) is 18.3. The molecule has 6 rings (SSSR count). The third-order valence-corrected chi connectivity index (χ3v) is 12.5. The number of aryl methyl sites for hydroxylation is 1. The lowest BCUT2D eigenvalue weighted by Gasteiger charge is -2.50. The smallest absolute Gasteiger partial charge is 0.410 e. The van der Waals surface area contributed by atoms with Crippen molar-refractivity contribution in [3.8, 4) is 11.1 Å². The topological polar surface area (TPSA) is 120 Å². The number of ether oxygens (including phenoxy) is 2. The number of carbonyl (C=O) groups is 2. The van der Waals surface area contributed by atoms with Crippen molar-refractivity contribution in [1.82, 2.24) is 33.7 Å². The van der Waals surface area contributed by atoms with Gasteiger partial charge in [0.05, 0.1) is 27.9 Å². The highest BCUT2D eigenvalue weighted by molar-refractivity contribution is 6.76. The van der Waals surface area contributed by atoms with Gasteiger partial charge in [0.25, 0.3) is 5.56 Å². The van der Waals surface area contributed by atoms with Gasteiger partial charge in [-0.15, -0.1) is 0 Å². The Kier molecular flexibility index (Phi) is 11.0. The standard InChI is InChI=1S/C37H52Cl2N8O5Si/c1-37(2,3)52-36(50)44-19-23-11-10-12-24(20-44)47(23)35-40-33-29(34(49)43(35)6)26(21-45(33)22-51-17-18-53(7,8)9)25-13-14-27-30(31(25)38)32(39)46(41-27)16-15-28(48)42(4)5/h13-14,21,23-24H,10-12,15-20,22H2,1-9H3. The number of hydrogen-bond donors (Lipinski definition) is 0. The summed E-state index contributed by atoms with van der Waals surface area (Å²) in [6.07, 6.45) is 4.56. The Labute approximate surface area is 321 Å². The molecule has 2 aliphatic heterocycles. The molecular formula is C37H52Cl2N8O5Si. The molecule has 53 heavy (non-hydrogen) atoms. The quantitative estimate of drug-likeness (QED) is 0.127. The van der Waals surface area contributed by atoms with Crippen molar-refractivity contribution in [2.45, 2.75) is 103 Å². The maximum Gasteiger partial charge on any atom is 0.410 e. The minimum absolute atomic E-state index is 0.0232. The summed E-state index contributed by atoms with van der Waals surface area (Å²) < 4.78 is 17.1. The van der Waals surface area contributed by atoms with Gasteiger partial charge in [-0.1, -0.05) is 48.9 Å². The average molecular weight is 788 g/mol. The number of carbonyl (C=O) groups excluding carboxylic acids is 2. The van der Waals surface area contributed by atoms with Crippen molar-refractivity contribution in [2.24, 2.45) is 7.05 Å². The number of likely N-dealkylation sites (tertiary alicyclic amines) is 1. The summed E-state index contributed by atoms with van der Waals surface area (Å²) in [4.78, 5) is 50.8. The molecular weight excluding hydrogens is 735 g/mol. The van der Waals surface area contributed by atoms with Crippen LogP contribution in [0.2, 0.25) is 35.9 Å². The number of piperazine rings is 1. The predicted octanol–water partition coefficient (Wildman–Crippen LogP) is 6.83. The molecule has 13 nitrogen and oxygen atoms in total. The zero-order chi connectivity index (χ0) is 38.6. The van der Waals surface area contributed by atoms with E-state index >= 15 is 0 Å². The molecule has 1 aromatic carbocycles. The Morgan fingerprint density at radius 2 is 1.72 bits per heavy atom. The van der Waals surface area contributed by atoms with Crippen molar-refractivity contribution in [3.63, 3.8) is 0 Å². The molecule has 0 aliphatic carbocycles. The summed E-state index contributed by atoms with van der Waals surface area (Å²) in [5.74, 6) is 0.524. The zero-order valence-corrected chi connectivity index (χ0v) is 34.8. The van der Waals surface area contributed by atoms with Crippen LogP contribution in [-0.4, -0.2) is 105 Å². The van der Waals surface area contributed by atoms with Gasteiger partial charge in [0.1, 0.15) is 17.5 Å². The number of amides is 2. The van der Waals surface area contributed by atoms with Crippen LogP contribution in [0.4, 0.5) is 10.7 Å². The Morgan fingerprint density at radius 3 is 2.34 bits per heavy atom. The summed E-state index contributed by atoms with van der Waals surface area (Å²) >= 11 is 14.0. The van der Waals surface area contributed by atoms with Gasteiger partial charge in [0.2, 0.25) is 11.9 Å². The number of nitrogens with zero attached hydrogens (tertiary/aromatic N) is 8. The van der Waals surface area contributed by atoms with Gasteiger partial charge in [-0.3, -0.25) is 18.8 Å². The molecule has 288 valence electrons. The second kappa shape index (κ2) is 14.9. The molecule has 5 heterocycles. The number of aromatic nitrogens is 5. The van der Waals surface area contributed by atoms with Gasteiger partial charge in [-0.25, -0.2) is 4.79 Å². The lowest BCUT2D eigenvalue weighted by Crippen LogP contribution is -2.63. The van der Waals surface area contributed by atoms with Gasteiger partial charge in [0, 0.05) is 84.7 Å². The van der Waals surface area contributed by atoms with Crippen LogP contribution in [0.15, 0.2) is 23.1 Å². The summed E-state index contributed by atoms with van der Waals surface area (Å²) in [5.41, 5.74) is 1.51. The van der Waals surface area contributed by atoms with Crippen LogP contribution in [0, 0.1) is 0 Å². The molecule has 2 fully saturated rings. The van der Waals surface area contributed by atoms with Crippen molar-refractivity contribution in [1.29, 1.82) is 0 Å². The molecule has 2 atom stereocenters. The first-order valence-corrected chi connectivity index (χ1v) is 22.8. The van der Waals surface area contributed by atoms with E-state index in [1.807, 2.05) is 43.7 Å². The molecule has 2 saturated heterocycles. The highest BCUT2D eigenvalue weighted by Gasteiger charge is 2.42. The molecule has 2 unspecified atom stereocenters. The van der Waals surface area contributed by atoms with Crippen LogP contribution in [0.5, 0.6) is 0 Å². The van der Waals surface area contributed by atoms with Crippen LogP contribution in [0.3, 0.4) is 0 Å². The average Bonchev–Trinajstić information content (AvgIpc) is 3.58. The third kappa shape index (κ3) is 8.11. The Morgan fingerprint density at radius 1 is 1.04 bits per heavy atom. The summed E-state index contributed by atoms with van der Waals surface area (Å²) in [6.45, 7) is 14.6. The summed E-state index contributed by atoms with van der Waals surface area (Å²) in [6, 6.07) is 4.63. The summed E-state index contributed by atoms with van der Waals surface area (Å²) in [7, 11) is 3.83. The van der Waals surface area contributed by atoms with Gasteiger partial charge in [-0.2, -0.15) is 10.1 Å². The van der Waals surface area contributed by atoms with Crippen molar-refractivity contribution >= 4 is 71.2 Å². The maximum atomic E-state index is 14.6. The zero-order valence-electron chi connectivity index (χ0n) is 32.3. The molecule has 3 aromatic heterocycles. The fourth-order valence-electron chi connectivity index (χ4n) is 7.22. The van der Waals surface area contributed by atoms with Crippen LogP contribution >= 0.6 is 23.2 Å². The van der Waals surface area contributed by atoms with Gasteiger partial charge in [0.15, 0.2) is 5.65 Å². The first kappa shape index (κ1) is 39.1. The highest BCUT2D eigenvalue weighted by Crippen LogP contribution is 2.41. The molecule has 0 spiro atoms. The number of rotatable bonds is 10. The highest BCUT2D eigenvalue weighted by atomic mass is 35.5. The van der Waals surface area contributed by atoms with E-state index in [0.717, 1.165) is 25.3 Å². The van der Waals surface area contributed by atoms with Crippen LogP contribution < -0.4 is 10.5 Å². The molecule has 0 radical (unpaired) electrons. The SMILES string of the molecule is CN(C)C(=O)CCn1nc2ccc(-c3cn(COCC[Si](C)(C)C)c4nc(N5C6CCCC5CN(C(=O)OC(C)(C)C)C6)n(C)c(=O)c34)c(Cl)c2c1Cl. The third-order valence-electron chi connectivity index (χ3n) is 10.0. The van der Waals surface area contributed by atoms with E-state index in [4.69, 9.17) is 37.7 Å². The predicted molar refractivity (Wildman–Crippen MR) is 213 cm³/mol. The number of hydrogen-bond acceptors (Lipinski definition) is 8. The van der Waals surface area contributed by atoms with Crippen LogP contribution in [0.1, 0.15) is 46.5 Å². The van der Waals surface area contributed by atoms with Crippen molar-refractivity contribution in [2.75, 3.05) is 38.7 Å². The van der Waals surface area contributed by atoms with E-state index in [1.165, 1.54) is 4.90 Å². The molecule has 2 amide bonds. The van der Waals surface area contributed by atoms with Gasteiger partial charge >= 0.3 is 6.09 Å². The minimum Gasteiger partial charge on any atom is -0.444 e. The Hall–Kier alpha value is -3.59. The second-order valence-corrected chi connectivity index (χ2v) is 23.1. The normalized spacial score (nSPS) is 17.9. The van der Waals surface area contributed by atoms with E-state index in [0.29, 0.717) is 75.4 Å². The fourth-order valence-corrected chi connectivity index (χ4v) is 8.69. The van der Waals surface area contributed by atoms with Crippen molar-refractivity contribution < 1.29 is 19.1 Å². The maximum absolute atomic E-state index is 14.6. The van der Waals surface area contributed by atoms with Gasteiger partial charge in [-0.05, 0) is 52.1 Å². The Balaban J connectivity index is 1.42. The van der Waals surface area contributed by atoms with E-state index in [-0.39, 0.29) is 42.8 Å². The largest absolute Gasteiger partial charge is 0.444 e. The number of piperidine rings is 1. The number of benzene rings is 1. The molecule has 0 saturated carbocycles. The van der Waals surface area contributed by atoms with E-state index in [2.05, 4.69) is 29.6 Å². The van der Waals surface area contributed by atoms with E-state index in [1.54, 1.807) is 35.3 Å². The number of anilines is 1. The first-order chi connectivity index (χ1) is 24.8. The molecule has 2 aliphatic rings. The van der Waals surface area contributed by atoms with Crippen LogP contribution in [-0.2, 0) is 34.6 Å². The Bertz CT molecular complexity index is 2080. The lowest BCUT2D eigenvalue weighted by molar-refractivity contribution is -0.128. The molecule has 4 aromatic rings. The van der Waals surface area contributed by atoms with E-state index in [9.17, 15) is 14.4 Å². The molecule has 0 N–H and O–H groups in total. The monoisotopic (exact) mass is 786 g/mol. The molecule has 2 bridgehead atoms.